The van der Waals surface area contributed by atoms with Gasteiger partial charge in [0.1, 0.15) is 11.6 Å². The van der Waals surface area contributed by atoms with E-state index in [4.69, 9.17) is 4.74 Å². The summed E-state index contributed by atoms with van der Waals surface area (Å²) in [7, 11) is 0. The molecule has 0 radical (unpaired) electrons. The summed E-state index contributed by atoms with van der Waals surface area (Å²) in [4.78, 5) is 39.4. The monoisotopic (exact) mass is 432 g/mol. The molecule has 3 amide bonds. The summed E-state index contributed by atoms with van der Waals surface area (Å²) in [6, 6.07) is 15.9. The van der Waals surface area contributed by atoms with Crippen molar-refractivity contribution < 1.29 is 23.5 Å². The van der Waals surface area contributed by atoms with E-state index in [-0.39, 0.29) is 29.6 Å². The lowest BCUT2D eigenvalue weighted by atomic mass is 10.1. The molecule has 0 spiro atoms. The molecule has 6 nitrogen and oxygen atoms in total. The summed E-state index contributed by atoms with van der Waals surface area (Å²) in [5, 5.41) is 2.58. The van der Waals surface area contributed by atoms with Gasteiger partial charge in [-0.15, -0.1) is 0 Å². The highest BCUT2D eigenvalue weighted by Gasteiger charge is 2.35. The van der Waals surface area contributed by atoms with Gasteiger partial charge in [0.2, 0.25) is 0 Å². The van der Waals surface area contributed by atoms with Crippen molar-refractivity contribution in [3.05, 3.63) is 94.3 Å². The SMILES string of the molecule is CCOc1ccc(CN2C(=O)c3ccccc3C2=O)cc1C(=O)Nc1cc(C)ccc1F. The molecule has 162 valence electrons. The number of nitrogens with one attached hydrogen (secondary N) is 1. The van der Waals surface area contributed by atoms with Crippen molar-refractivity contribution in [3.8, 4) is 5.75 Å². The predicted molar refractivity (Wildman–Crippen MR) is 117 cm³/mol. The topological polar surface area (TPSA) is 75.7 Å². The van der Waals surface area contributed by atoms with Gasteiger partial charge in [-0.25, -0.2) is 4.39 Å². The normalized spacial score (nSPS) is 12.7. The smallest absolute Gasteiger partial charge is 0.261 e. The van der Waals surface area contributed by atoms with Crippen LogP contribution in [0.4, 0.5) is 10.1 Å². The minimum atomic E-state index is -0.554. The Morgan fingerprint density at radius 1 is 1.00 bits per heavy atom. The zero-order valence-corrected chi connectivity index (χ0v) is 17.6. The Bertz CT molecular complexity index is 1200. The molecular weight excluding hydrogens is 411 g/mol. The number of carbonyl (C=O) groups is 3. The quantitative estimate of drug-likeness (QED) is 0.579. The number of nitrogens with zero attached hydrogens (tertiary/aromatic N) is 1. The predicted octanol–water partition coefficient (Wildman–Crippen LogP) is 4.58. The number of halogens is 1. The van der Waals surface area contributed by atoms with Crippen LogP contribution in [0, 0.1) is 12.7 Å². The van der Waals surface area contributed by atoms with Crippen LogP contribution in [0.2, 0.25) is 0 Å². The number of hydrogen-bond donors (Lipinski definition) is 1. The second-order valence-electron chi connectivity index (χ2n) is 7.44. The minimum absolute atomic E-state index is 0.00214. The molecule has 1 N–H and O–H groups in total. The molecule has 3 aromatic carbocycles. The number of aryl methyl sites for hydroxylation is 1. The van der Waals surface area contributed by atoms with Gasteiger partial charge in [-0.2, -0.15) is 0 Å². The number of benzene rings is 3. The molecule has 3 aromatic rings. The molecule has 0 fully saturated rings. The Labute approximate surface area is 184 Å². The standard InChI is InChI=1S/C25H21FN2O4/c1-3-32-22-11-9-16(14-28-24(30)17-6-4-5-7-18(17)25(28)31)13-19(22)23(29)27-21-12-15(2)8-10-20(21)26/h4-13H,3,14H2,1-2H3,(H,27,29). The molecule has 0 aromatic heterocycles. The van der Waals surface area contributed by atoms with Gasteiger partial charge in [-0.1, -0.05) is 24.3 Å². The highest BCUT2D eigenvalue weighted by Crippen LogP contribution is 2.27. The van der Waals surface area contributed by atoms with E-state index in [1.165, 1.54) is 12.1 Å². The number of imide groups is 1. The third kappa shape index (κ3) is 3.97. The van der Waals surface area contributed by atoms with E-state index >= 15 is 0 Å². The molecule has 7 heteroatoms. The van der Waals surface area contributed by atoms with Gasteiger partial charge in [0.15, 0.2) is 0 Å². The van der Waals surface area contributed by atoms with Gasteiger partial charge < -0.3 is 10.1 Å². The van der Waals surface area contributed by atoms with E-state index < -0.39 is 11.7 Å². The molecule has 0 unspecified atom stereocenters. The third-order valence-electron chi connectivity index (χ3n) is 5.18. The first-order valence-corrected chi connectivity index (χ1v) is 10.2. The van der Waals surface area contributed by atoms with Crippen molar-refractivity contribution in [1.82, 2.24) is 4.90 Å². The first kappa shape index (κ1) is 21.2. The van der Waals surface area contributed by atoms with Gasteiger partial charge in [0.25, 0.3) is 17.7 Å². The molecule has 0 aliphatic carbocycles. The maximum atomic E-state index is 14.1. The van der Waals surface area contributed by atoms with Crippen molar-refractivity contribution in [2.75, 3.05) is 11.9 Å². The molecule has 0 bridgehead atoms. The molecular formula is C25H21FN2O4. The van der Waals surface area contributed by atoms with Crippen LogP contribution in [0.15, 0.2) is 60.7 Å². The van der Waals surface area contributed by atoms with Gasteiger partial charge in [-0.05, 0) is 61.4 Å². The number of carbonyl (C=O) groups excluding carboxylic acids is 3. The van der Waals surface area contributed by atoms with Gasteiger partial charge >= 0.3 is 0 Å². The summed E-state index contributed by atoms with van der Waals surface area (Å²) in [6.07, 6.45) is 0. The van der Waals surface area contributed by atoms with Crippen LogP contribution in [-0.2, 0) is 6.54 Å². The van der Waals surface area contributed by atoms with Crippen molar-refractivity contribution in [1.29, 1.82) is 0 Å². The second-order valence-corrected chi connectivity index (χ2v) is 7.44. The van der Waals surface area contributed by atoms with Crippen LogP contribution in [-0.4, -0.2) is 29.2 Å². The summed E-state index contributed by atoms with van der Waals surface area (Å²) in [5.74, 6) is -1.55. The Kier molecular flexibility index (Phi) is 5.73. The largest absolute Gasteiger partial charge is 0.493 e. The van der Waals surface area contributed by atoms with E-state index in [9.17, 15) is 18.8 Å². The van der Waals surface area contributed by atoms with Crippen LogP contribution >= 0.6 is 0 Å². The molecule has 1 heterocycles. The van der Waals surface area contributed by atoms with Crippen molar-refractivity contribution in [2.24, 2.45) is 0 Å². The lowest BCUT2D eigenvalue weighted by Crippen LogP contribution is -2.29. The molecule has 1 aliphatic rings. The third-order valence-corrected chi connectivity index (χ3v) is 5.18. The van der Waals surface area contributed by atoms with Crippen LogP contribution in [0.5, 0.6) is 5.75 Å². The maximum absolute atomic E-state index is 14.1. The summed E-state index contributed by atoms with van der Waals surface area (Å²) in [5.41, 5.74) is 2.32. The first-order chi connectivity index (χ1) is 15.4. The van der Waals surface area contributed by atoms with E-state index in [0.717, 1.165) is 10.5 Å². The first-order valence-electron chi connectivity index (χ1n) is 10.2. The summed E-state index contributed by atoms with van der Waals surface area (Å²) >= 11 is 0. The number of rotatable bonds is 6. The summed E-state index contributed by atoms with van der Waals surface area (Å²) in [6.45, 7) is 3.91. The maximum Gasteiger partial charge on any atom is 0.261 e. The molecule has 0 saturated carbocycles. The molecule has 4 rings (SSSR count). The van der Waals surface area contributed by atoms with Crippen molar-refractivity contribution >= 4 is 23.4 Å². The average Bonchev–Trinajstić information content (AvgIpc) is 3.02. The van der Waals surface area contributed by atoms with Crippen LogP contribution in [0.1, 0.15) is 49.1 Å². The van der Waals surface area contributed by atoms with Crippen molar-refractivity contribution in [3.63, 3.8) is 0 Å². The summed E-state index contributed by atoms with van der Waals surface area (Å²) < 4.78 is 19.7. The zero-order chi connectivity index (χ0) is 22.8. The number of fused-ring (bicyclic) bond motifs is 1. The van der Waals surface area contributed by atoms with Crippen molar-refractivity contribution in [2.45, 2.75) is 20.4 Å². The zero-order valence-electron chi connectivity index (χ0n) is 17.6. The highest BCUT2D eigenvalue weighted by molar-refractivity contribution is 6.21. The van der Waals surface area contributed by atoms with Crippen LogP contribution < -0.4 is 10.1 Å². The molecule has 32 heavy (non-hydrogen) atoms. The lowest BCUT2D eigenvalue weighted by Gasteiger charge is -2.17. The fourth-order valence-electron chi connectivity index (χ4n) is 3.62. The Hall–Kier alpha value is -4.00. The lowest BCUT2D eigenvalue weighted by molar-refractivity contribution is 0.0642. The Morgan fingerprint density at radius 3 is 2.34 bits per heavy atom. The van der Waals surface area contributed by atoms with Gasteiger partial charge in [-0.3, -0.25) is 19.3 Å². The number of hydrogen-bond acceptors (Lipinski definition) is 4. The molecule has 1 aliphatic heterocycles. The fourth-order valence-corrected chi connectivity index (χ4v) is 3.62. The van der Waals surface area contributed by atoms with E-state index in [1.807, 2.05) is 0 Å². The van der Waals surface area contributed by atoms with Gasteiger partial charge in [0.05, 0.1) is 35.5 Å². The minimum Gasteiger partial charge on any atom is -0.493 e. The highest BCUT2D eigenvalue weighted by atomic mass is 19.1. The number of amides is 3. The van der Waals surface area contributed by atoms with Crippen LogP contribution in [0.25, 0.3) is 0 Å². The van der Waals surface area contributed by atoms with E-state index in [1.54, 1.807) is 62.4 Å². The Balaban J connectivity index is 1.62. The van der Waals surface area contributed by atoms with Crippen LogP contribution in [0.3, 0.4) is 0 Å². The van der Waals surface area contributed by atoms with E-state index in [0.29, 0.717) is 29.0 Å². The molecule has 0 atom stereocenters. The van der Waals surface area contributed by atoms with Gasteiger partial charge in [0, 0.05) is 0 Å². The van der Waals surface area contributed by atoms with E-state index in [2.05, 4.69) is 5.32 Å². The number of ether oxygens (including phenoxy) is 1. The second kappa shape index (κ2) is 8.63. The average molecular weight is 432 g/mol. The Morgan fingerprint density at radius 2 is 1.69 bits per heavy atom. The fraction of sp³-hybridized carbons (Fsp3) is 0.160. The number of anilines is 1. The molecule has 0 saturated heterocycles.